The van der Waals surface area contributed by atoms with Crippen molar-refractivity contribution in [1.29, 1.82) is 0 Å². The number of aliphatic hydroxyl groups excluding tert-OH is 3. The molecule has 38 heavy (non-hydrogen) atoms. The third kappa shape index (κ3) is 4.39. The topological polar surface area (TPSA) is 158 Å². The number of methoxy groups -OCH3 is 2. The molecule has 4 aromatic rings. The summed E-state index contributed by atoms with van der Waals surface area (Å²) in [6, 6.07) is 8.78. The highest BCUT2D eigenvalue weighted by molar-refractivity contribution is 5.95. The number of hydrogen-bond acceptors (Lipinski definition) is 11. The number of aryl methyl sites for hydroxylation is 1. The molecule has 0 bridgehead atoms. The first-order valence-corrected chi connectivity index (χ1v) is 11.8. The van der Waals surface area contributed by atoms with E-state index in [2.05, 4.69) is 0 Å². The van der Waals surface area contributed by atoms with E-state index in [9.17, 15) is 24.9 Å². The second-order valence-electron chi connectivity index (χ2n) is 9.07. The molecule has 11 heteroatoms. The SMILES string of the molecule is COc1cc(O[C@@H]2O[C@@H](C)[C@H](O)[C@@H](O)[C@H]2O)c2c(=O)cc(-c3cc(OC)cc4c(C)cc(=O)oc34)oc2c1. The van der Waals surface area contributed by atoms with Crippen LogP contribution in [0.15, 0.2) is 54.8 Å². The Hall–Kier alpha value is -3.90. The standard InChI is InChI=1S/C27H26O11/c1-11-5-21(29)38-26-15(11)6-13(33-3)7-16(26)18-10-17(28)22-19(36-18)8-14(34-4)9-20(22)37-27-25(32)24(31)23(30)12(2)35-27/h5-10,12,23-25,27,30-32H,1-4H3/t12-,23-,24+,25+,27-/m0/s1. The van der Waals surface area contributed by atoms with Gasteiger partial charge in [0.05, 0.1) is 25.9 Å². The smallest absolute Gasteiger partial charge is 0.336 e. The average molecular weight is 526 g/mol. The van der Waals surface area contributed by atoms with Crippen LogP contribution in [-0.4, -0.2) is 60.2 Å². The van der Waals surface area contributed by atoms with Crippen molar-refractivity contribution < 1.29 is 43.1 Å². The van der Waals surface area contributed by atoms with Gasteiger partial charge in [0.15, 0.2) is 5.43 Å². The fraction of sp³-hybridized carbons (Fsp3) is 0.333. The highest BCUT2D eigenvalue weighted by Crippen LogP contribution is 2.37. The lowest BCUT2D eigenvalue weighted by atomic mass is 10.00. The molecule has 200 valence electrons. The second kappa shape index (κ2) is 9.76. The van der Waals surface area contributed by atoms with Gasteiger partial charge in [-0.2, -0.15) is 0 Å². The monoisotopic (exact) mass is 526 g/mol. The quantitative estimate of drug-likeness (QED) is 0.327. The third-order valence-corrected chi connectivity index (χ3v) is 6.58. The maximum atomic E-state index is 13.4. The van der Waals surface area contributed by atoms with Crippen molar-refractivity contribution in [3.8, 4) is 28.6 Å². The lowest BCUT2D eigenvalue weighted by Gasteiger charge is -2.39. The molecule has 0 unspecified atom stereocenters. The molecule has 3 N–H and O–H groups in total. The number of aliphatic hydroxyl groups is 3. The first-order chi connectivity index (χ1) is 18.1. The molecule has 2 aromatic heterocycles. The molecular formula is C27H26O11. The molecule has 0 spiro atoms. The molecule has 0 amide bonds. The zero-order valence-electron chi connectivity index (χ0n) is 21.0. The summed E-state index contributed by atoms with van der Waals surface area (Å²) < 4.78 is 33.7. The predicted octanol–water partition coefficient (Wildman–Crippen LogP) is 2.10. The van der Waals surface area contributed by atoms with Gasteiger partial charge in [-0.3, -0.25) is 4.79 Å². The molecule has 0 radical (unpaired) electrons. The molecule has 0 saturated carbocycles. The molecule has 3 heterocycles. The zero-order valence-corrected chi connectivity index (χ0v) is 21.0. The summed E-state index contributed by atoms with van der Waals surface area (Å²) in [4.78, 5) is 25.6. The van der Waals surface area contributed by atoms with Crippen molar-refractivity contribution >= 4 is 21.9 Å². The summed E-state index contributed by atoms with van der Waals surface area (Å²) in [6.45, 7) is 3.27. The van der Waals surface area contributed by atoms with Crippen LogP contribution in [0.4, 0.5) is 0 Å². The van der Waals surface area contributed by atoms with Gasteiger partial charge in [-0.1, -0.05) is 0 Å². The molecule has 5 atom stereocenters. The third-order valence-electron chi connectivity index (χ3n) is 6.58. The van der Waals surface area contributed by atoms with Crippen LogP contribution in [0.5, 0.6) is 17.2 Å². The van der Waals surface area contributed by atoms with E-state index in [0.29, 0.717) is 22.3 Å². The van der Waals surface area contributed by atoms with Gasteiger partial charge in [0.2, 0.25) is 6.29 Å². The van der Waals surface area contributed by atoms with Crippen molar-refractivity contribution in [2.45, 2.75) is 44.6 Å². The second-order valence-corrected chi connectivity index (χ2v) is 9.07. The first kappa shape index (κ1) is 25.7. The van der Waals surface area contributed by atoms with E-state index < -0.39 is 41.8 Å². The minimum Gasteiger partial charge on any atom is -0.497 e. The summed E-state index contributed by atoms with van der Waals surface area (Å²) in [6.07, 6.45) is -6.68. The summed E-state index contributed by atoms with van der Waals surface area (Å²) in [5, 5.41) is 31.2. The number of fused-ring (bicyclic) bond motifs is 2. The molecule has 1 aliphatic heterocycles. The Balaban J connectivity index is 1.68. The van der Waals surface area contributed by atoms with Crippen molar-refractivity contribution in [1.82, 2.24) is 0 Å². The number of rotatable bonds is 5. The van der Waals surface area contributed by atoms with Gasteiger partial charge in [0.1, 0.15) is 57.9 Å². The Labute approximate surface area is 215 Å². The minimum absolute atomic E-state index is 0.0171. The summed E-state index contributed by atoms with van der Waals surface area (Å²) in [7, 11) is 2.90. The average Bonchev–Trinajstić information content (AvgIpc) is 2.89. The maximum Gasteiger partial charge on any atom is 0.336 e. The van der Waals surface area contributed by atoms with Crippen LogP contribution >= 0.6 is 0 Å². The predicted molar refractivity (Wildman–Crippen MR) is 135 cm³/mol. The van der Waals surface area contributed by atoms with E-state index in [4.69, 9.17) is 27.8 Å². The number of hydrogen-bond donors (Lipinski definition) is 3. The molecule has 0 aliphatic carbocycles. The van der Waals surface area contributed by atoms with Gasteiger partial charge in [-0.05, 0) is 31.5 Å². The molecule has 2 aromatic carbocycles. The van der Waals surface area contributed by atoms with Crippen molar-refractivity contribution in [2.24, 2.45) is 0 Å². The van der Waals surface area contributed by atoms with Gasteiger partial charge in [-0.25, -0.2) is 4.79 Å². The van der Waals surface area contributed by atoms with E-state index in [-0.39, 0.29) is 33.8 Å². The van der Waals surface area contributed by atoms with Crippen LogP contribution in [0.1, 0.15) is 12.5 Å². The summed E-state index contributed by atoms with van der Waals surface area (Å²) >= 11 is 0. The molecule has 1 saturated heterocycles. The van der Waals surface area contributed by atoms with Crippen LogP contribution in [-0.2, 0) is 4.74 Å². The fourth-order valence-corrected chi connectivity index (χ4v) is 4.50. The van der Waals surface area contributed by atoms with E-state index in [1.54, 1.807) is 19.1 Å². The van der Waals surface area contributed by atoms with Crippen LogP contribution < -0.4 is 25.3 Å². The van der Waals surface area contributed by atoms with Crippen molar-refractivity contribution in [3.63, 3.8) is 0 Å². The number of benzene rings is 2. The van der Waals surface area contributed by atoms with Crippen LogP contribution in [0.3, 0.4) is 0 Å². The van der Waals surface area contributed by atoms with Gasteiger partial charge in [0.25, 0.3) is 0 Å². The van der Waals surface area contributed by atoms with E-state index in [0.717, 1.165) is 0 Å². The van der Waals surface area contributed by atoms with Gasteiger partial charge < -0.3 is 43.1 Å². The molecular weight excluding hydrogens is 500 g/mol. The highest BCUT2D eigenvalue weighted by Gasteiger charge is 2.43. The molecule has 1 aliphatic rings. The first-order valence-electron chi connectivity index (χ1n) is 11.8. The van der Waals surface area contributed by atoms with Gasteiger partial charge >= 0.3 is 5.63 Å². The maximum absolute atomic E-state index is 13.4. The summed E-state index contributed by atoms with van der Waals surface area (Å²) in [5.41, 5.74) is 0.203. The largest absolute Gasteiger partial charge is 0.497 e. The highest BCUT2D eigenvalue weighted by atomic mass is 16.7. The lowest BCUT2D eigenvalue weighted by molar-refractivity contribution is -0.267. The Morgan fingerprint density at radius 1 is 0.842 bits per heavy atom. The van der Waals surface area contributed by atoms with E-state index in [1.807, 2.05) is 0 Å². The van der Waals surface area contributed by atoms with E-state index in [1.165, 1.54) is 45.4 Å². The minimum atomic E-state index is -1.59. The van der Waals surface area contributed by atoms with Crippen LogP contribution in [0.2, 0.25) is 0 Å². The Kier molecular flexibility index (Phi) is 6.61. The normalized spacial score (nSPS) is 23.5. The fourth-order valence-electron chi connectivity index (χ4n) is 4.50. The van der Waals surface area contributed by atoms with Crippen molar-refractivity contribution in [3.05, 3.63) is 62.6 Å². The Morgan fingerprint density at radius 2 is 1.55 bits per heavy atom. The molecule has 5 rings (SSSR count). The van der Waals surface area contributed by atoms with Crippen LogP contribution in [0.25, 0.3) is 33.3 Å². The van der Waals surface area contributed by atoms with Gasteiger partial charge in [-0.15, -0.1) is 0 Å². The lowest BCUT2D eigenvalue weighted by Crippen LogP contribution is -2.58. The van der Waals surface area contributed by atoms with Crippen molar-refractivity contribution in [2.75, 3.05) is 14.2 Å². The zero-order chi connectivity index (χ0) is 27.3. The van der Waals surface area contributed by atoms with Crippen LogP contribution in [0, 0.1) is 6.92 Å². The molecule has 11 nitrogen and oxygen atoms in total. The summed E-state index contributed by atoms with van der Waals surface area (Å²) in [5.74, 6) is 0.794. The van der Waals surface area contributed by atoms with E-state index >= 15 is 0 Å². The van der Waals surface area contributed by atoms with Gasteiger partial charge in [0, 0.05) is 29.7 Å². The number of ether oxygens (including phenoxy) is 4. The Bertz CT molecular complexity index is 1640. The Morgan fingerprint density at radius 3 is 2.26 bits per heavy atom. The molecule has 1 fully saturated rings.